The second kappa shape index (κ2) is 19.1. The van der Waals surface area contributed by atoms with Crippen molar-refractivity contribution in [1.29, 1.82) is 0 Å². The molecule has 6 rings (SSSR count). The normalized spacial score (nSPS) is 10.0. The highest BCUT2D eigenvalue weighted by atomic mass is 16.3. The van der Waals surface area contributed by atoms with Crippen LogP contribution < -0.4 is 9.80 Å². The predicted molar refractivity (Wildman–Crippen MR) is 201 cm³/mol. The SMILES string of the molecule is CCC.O=Cc1ccc(N(c2ccccc2)c2ccc(C=O)cc2)cc1.OCc1ccc(N(c2ccccc2)c2ccc(CO)cc2)cc1. The smallest absolute Gasteiger partial charge is 0.150 e. The van der Waals surface area contributed by atoms with Crippen molar-refractivity contribution in [3.8, 4) is 0 Å². The van der Waals surface area contributed by atoms with Crippen LogP contribution in [0, 0.1) is 0 Å². The molecule has 0 spiro atoms. The highest BCUT2D eigenvalue weighted by Gasteiger charge is 2.13. The number of rotatable bonds is 10. The summed E-state index contributed by atoms with van der Waals surface area (Å²) in [7, 11) is 0. The molecule has 2 N–H and O–H groups in total. The Morgan fingerprint density at radius 1 is 0.408 bits per heavy atom. The fourth-order valence-electron chi connectivity index (χ4n) is 4.95. The number of carbonyl (C=O) groups is 2. The molecular formula is C43H42N2O4. The number of aliphatic hydroxyl groups excluding tert-OH is 2. The van der Waals surface area contributed by atoms with Gasteiger partial charge in [0, 0.05) is 45.3 Å². The van der Waals surface area contributed by atoms with Gasteiger partial charge < -0.3 is 20.0 Å². The Balaban J connectivity index is 0.000000205. The standard InChI is InChI=1S/C20H19NO2.C20H15NO2.C3H8/c2*22-14-16-6-10-19(11-7-16)21(18-4-2-1-3-5-18)20-12-8-17(15-23)9-13-20;1-3-2/h1-13,22-23H,14-15H2;1-15H;3H2,1-2H3. The lowest BCUT2D eigenvalue weighted by atomic mass is 10.1. The van der Waals surface area contributed by atoms with Crippen molar-refractivity contribution >= 4 is 46.7 Å². The number of aldehydes is 2. The van der Waals surface area contributed by atoms with Gasteiger partial charge in [-0.25, -0.2) is 0 Å². The first-order valence-corrected chi connectivity index (χ1v) is 16.3. The lowest BCUT2D eigenvalue weighted by molar-refractivity contribution is 0.111. The molecule has 6 aromatic carbocycles. The molecule has 0 saturated carbocycles. The minimum Gasteiger partial charge on any atom is -0.392 e. The van der Waals surface area contributed by atoms with E-state index in [1.165, 1.54) is 6.42 Å². The summed E-state index contributed by atoms with van der Waals surface area (Å²) in [6, 6.07) is 50.5. The Bertz CT molecular complexity index is 1730. The van der Waals surface area contributed by atoms with E-state index < -0.39 is 0 Å². The van der Waals surface area contributed by atoms with Crippen LogP contribution in [0.25, 0.3) is 0 Å². The van der Waals surface area contributed by atoms with Gasteiger partial charge in [-0.3, -0.25) is 9.59 Å². The number of hydrogen-bond donors (Lipinski definition) is 2. The highest BCUT2D eigenvalue weighted by molar-refractivity contribution is 5.82. The van der Waals surface area contributed by atoms with E-state index >= 15 is 0 Å². The molecule has 6 aromatic rings. The zero-order valence-corrected chi connectivity index (χ0v) is 27.9. The van der Waals surface area contributed by atoms with E-state index in [2.05, 4.69) is 35.8 Å². The summed E-state index contributed by atoms with van der Waals surface area (Å²) in [6.45, 7) is 4.33. The van der Waals surface area contributed by atoms with Crippen molar-refractivity contribution in [3.63, 3.8) is 0 Å². The summed E-state index contributed by atoms with van der Waals surface area (Å²) in [5.41, 5.74) is 9.04. The van der Waals surface area contributed by atoms with Gasteiger partial charge in [-0.2, -0.15) is 0 Å². The summed E-state index contributed by atoms with van der Waals surface area (Å²) in [4.78, 5) is 25.9. The van der Waals surface area contributed by atoms with Crippen LogP contribution >= 0.6 is 0 Å². The zero-order valence-electron chi connectivity index (χ0n) is 27.9. The van der Waals surface area contributed by atoms with Gasteiger partial charge in [0.25, 0.3) is 0 Å². The lowest BCUT2D eigenvalue weighted by Gasteiger charge is -2.25. The minimum atomic E-state index is 0.0385. The number of carbonyl (C=O) groups excluding carboxylic acids is 2. The number of hydrogen-bond acceptors (Lipinski definition) is 6. The van der Waals surface area contributed by atoms with Crippen LogP contribution in [0.4, 0.5) is 34.1 Å². The molecule has 6 nitrogen and oxygen atoms in total. The number of para-hydroxylation sites is 2. The molecule has 248 valence electrons. The number of benzene rings is 6. The monoisotopic (exact) mass is 650 g/mol. The molecule has 0 radical (unpaired) electrons. The Kier molecular flexibility index (Phi) is 14.0. The van der Waals surface area contributed by atoms with Crippen molar-refractivity contribution in [1.82, 2.24) is 0 Å². The van der Waals surface area contributed by atoms with Gasteiger partial charge in [-0.05, 0) is 108 Å². The molecule has 0 bridgehead atoms. The molecule has 0 unspecified atom stereocenters. The fraction of sp³-hybridized carbons (Fsp3) is 0.116. The van der Waals surface area contributed by atoms with Gasteiger partial charge in [0.2, 0.25) is 0 Å². The van der Waals surface area contributed by atoms with Crippen LogP contribution in [-0.2, 0) is 13.2 Å². The molecule has 0 atom stereocenters. The first kappa shape index (κ1) is 36.0. The molecule has 0 amide bonds. The number of anilines is 6. The van der Waals surface area contributed by atoms with Crippen LogP contribution in [0.5, 0.6) is 0 Å². The van der Waals surface area contributed by atoms with E-state index in [0.717, 1.165) is 57.8 Å². The van der Waals surface area contributed by atoms with Crippen LogP contribution in [0.15, 0.2) is 158 Å². The van der Waals surface area contributed by atoms with Crippen molar-refractivity contribution in [2.45, 2.75) is 33.5 Å². The maximum absolute atomic E-state index is 10.9. The summed E-state index contributed by atoms with van der Waals surface area (Å²) in [6.07, 6.45) is 2.91. The second-order valence-corrected chi connectivity index (χ2v) is 11.1. The quantitative estimate of drug-likeness (QED) is 0.144. The van der Waals surface area contributed by atoms with Crippen LogP contribution in [0.3, 0.4) is 0 Å². The van der Waals surface area contributed by atoms with E-state index in [9.17, 15) is 19.8 Å². The first-order chi connectivity index (χ1) is 24.0. The van der Waals surface area contributed by atoms with Crippen molar-refractivity contribution in [3.05, 3.63) is 180 Å². The van der Waals surface area contributed by atoms with Crippen molar-refractivity contribution in [2.24, 2.45) is 0 Å². The third-order valence-corrected chi connectivity index (χ3v) is 7.36. The fourth-order valence-corrected chi connectivity index (χ4v) is 4.95. The maximum atomic E-state index is 10.9. The average Bonchev–Trinajstić information content (AvgIpc) is 3.17. The molecular weight excluding hydrogens is 608 g/mol. The Morgan fingerprint density at radius 2 is 0.653 bits per heavy atom. The molecule has 0 aliphatic carbocycles. The van der Waals surface area contributed by atoms with Gasteiger partial charge in [0.15, 0.2) is 0 Å². The molecule has 0 aliphatic rings. The summed E-state index contributed by atoms with van der Waals surface area (Å²) in [5.74, 6) is 0. The largest absolute Gasteiger partial charge is 0.392 e. The minimum absolute atomic E-state index is 0.0385. The van der Waals surface area contributed by atoms with Gasteiger partial charge in [-0.15, -0.1) is 0 Å². The number of nitrogens with zero attached hydrogens (tertiary/aromatic N) is 2. The summed E-state index contributed by atoms with van der Waals surface area (Å²) < 4.78 is 0. The van der Waals surface area contributed by atoms with Gasteiger partial charge in [-0.1, -0.05) is 80.9 Å². The van der Waals surface area contributed by atoms with Crippen LogP contribution in [-0.4, -0.2) is 22.8 Å². The van der Waals surface area contributed by atoms with E-state index in [1.807, 2.05) is 121 Å². The van der Waals surface area contributed by atoms with Crippen LogP contribution in [0.1, 0.15) is 52.1 Å². The Labute approximate surface area is 289 Å². The Hall–Kier alpha value is -5.82. The predicted octanol–water partition coefficient (Wildman–Crippen LogP) is 10.3. The molecule has 0 heterocycles. The van der Waals surface area contributed by atoms with E-state index in [0.29, 0.717) is 11.1 Å². The Morgan fingerprint density at radius 3 is 0.898 bits per heavy atom. The van der Waals surface area contributed by atoms with Crippen molar-refractivity contribution < 1.29 is 19.8 Å². The van der Waals surface area contributed by atoms with Crippen LogP contribution in [0.2, 0.25) is 0 Å². The lowest BCUT2D eigenvalue weighted by Crippen LogP contribution is -2.09. The summed E-state index contributed by atoms with van der Waals surface area (Å²) >= 11 is 0. The average molecular weight is 651 g/mol. The van der Waals surface area contributed by atoms with Gasteiger partial charge in [0.1, 0.15) is 12.6 Å². The zero-order chi connectivity index (χ0) is 34.8. The molecule has 0 saturated heterocycles. The third kappa shape index (κ3) is 10.1. The summed E-state index contributed by atoms with van der Waals surface area (Å²) in [5, 5.41) is 18.4. The molecule has 0 fully saturated rings. The van der Waals surface area contributed by atoms with Gasteiger partial charge in [0.05, 0.1) is 13.2 Å². The first-order valence-electron chi connectivity index (χ1n) is 16.3. The third-order valence-electron chi connectivity index (χ3n) is 7.36. The van der Waals surface area contributed by atoms with E-state index in [4.69, 9.17) is 0 Å². The van der Waals surface area contributed by atoms with Crippen molar-refractivity contribution in [2.75, 3.05) is 9.80 Å². The molecule has 0 aliphatic heterocycles. The molecule has 0 aromatic heterocycles. The number of aliphatic hydroxyl groups is 2. The second-order valence-electron chi connectivity index (χ2n) is 11.1. The van der Waals surface area contributed by atoms with E-state index in [-0.39, 0.29) is 13.2 Å². The molecule has 49 heavy (non-hydrogen) atoms. The molecule has 6 heteroatoms. The maximum Gasteiger partial charge on any atom is 0.150 e. The van der Waals surface area contributed by atoms with E-state index in [1.54, 1.807) is 24.3 Å². The topological polar surface area (TPSA) is 81.1 Å². The highest BCUT2D eigenvalue weighted by Crippen LogP contribution is 2.35. The van der Waals surface area contributed by atoms with Gasteiger partial charge >= 0.3 is 0 Å².